The quantitative estimate of drug-likeness (QED) is 0.658. The molecule has 0 saturated carbocycles. The molecule has 1 atom stereocenters. The molecule has 1 aliphatic carbocycles. The molecule has 0 fully saturated rings. The maximum absolute atomic E-state index is 9.44. The summed E-state index contributed by atoms with van der Waals surface area (Å²) in [4.78, 5) is 0. The number of nitriles is 1. The molecule has 0 saturated heterocycles. The lowest BCUT2D eigenvalue weighted by Gasteiger charge is -2.11. The number of hydrogen-bond acceptors (Lipinski definition) is 6. The van der Waals surface area contributed by atoms with Gasteiger partial charge in [0.2, 0.25) is 0 Å². The van der Waals surface area contributed by atoms with Gasteiger partial charge in [0.05, 0.1) is 11.7 Å². The molecule has 0 amide bonds. The smallest absolute Gasteiger partial charge is 0.148 e. The lowest BCUT2D eigenvalue weighted by Crippen LogP contribution is -2.06. The lowest BCUT2D eigenvalue weighted by molar-refractivity contribution is 0.242. The summed E-state index contributed by atoms with van der Waals surface area (Å²) in [5, 5.41) is 19.9. The van der Waals surface area contributed by atoms with Crippen LogP contribution in [0.4, 0.5) is 0 Å². The number of nitrogens with two attached hydrogens (primary N) is 1. The second-order valence-electron chi connectivity index (χ2n) is 6.92. The van der Waals surface area contributed by atoms with Gasteiger partial charge in [-0.15, -0.1) is 22.6 Å². The monoisotopic (exact) mass is 412 g/mol. The second-order valence-corrected chi connectivity index (χ2v) is 7.90. The maximum atomic E-state index is 9.44. The van der Waals surface area contributed by atoms with Crippen LogP contribution < -0.4 is 10.5 Å². The number of hydrogen-bond donors (Lipinski definition) is 1. The number of aromatic nitrogens is 2. The normalized spacial score (nSPS) is 15.0. The summed E-state index contributed by atoms with van der Waals surface area (Å²) in [6.45, 7) is 3.88. The fraction of sp³-hybridized carbons (Fsp3) is 0.286. The third-order valence-corrected chi connectivity index (χ3v) is 5.69. The van der Waals surface area contributed by atoms with Gasteiger partial charge in [-0.25, -0.2) is 0 Å². The number of halogens is 1. The third kappa shape index (κ3) is 3.74. The van der Waals surface area contributed by atoms with Crippen molar-refractivity contribution in [2.75, 3.05) is 0 Å². The zero-order chi connectivity index (χ0) is 19.0. The van der Waals surface area contributed by atoms with Crippen molar-refractivity contribution in [2.45, 2.75) is 38.8 Å². The molecule has 0 bridgehead atoms. The molecule has 4 rings (SSSR count). The van der Waals surface area contributed by atoms with E-state index < -0.39 is 0 Å². The molecule has 2 aromatic carbocycles. The lowest BCUT2D eigenvalue weighted by atomic mass is 10.0. The Morgan fingerprint density at radius 3 is 2.75 bits per heavy atom. The Kier molecular flexibility index (Phi) is 5.99. The van der Waals surface area contributed by atoms with Gasteiger partial charge in [0.1, 0.15) is 21.8 Å². The molecule has 2 N–H and O–H groups in total. The molecule has 0 radical (unpaired) electrons. The van der Waals surface area contributed by atoms with Crippen molar-refractivity contribution < 1.29 is 4.74 Å². The van der Waals surface area contributed by atoms with E-state index in [0.717, 1.165) is 34.0 Å². The number of ether oxygens (including phenoxy) is 1. The van der Waals surface area contributed by atoms with Crippen LogP contribution >= 0.6 is 23.7 Å². The van der Waals surface area contributed by atoms with Gasteiger partial charge in [0.25, 0.3) is 0 Å². The van der Waals surface area contributed by atoms with Gasteiger partial charge in [-0.3, -0.25) is 0 Å². The molecule has 3 aromatic rings. The van der Waals surface area contributed by atoms with Crippen LogP contribution in [0.15, 0.2) is 36.4 Å². The van der Waals surface area contributed by atoms with E-state index in [1.807, 2.05) is 38.1 Å². The van der Waals surface area contributed by atoms with E-state index in [-0.39, 0.29) is 24.6 Å². The first-order chi connectivity index (χ1) is 13.1. The minimum atomic E-state index is 0. The predicted octanol–water partition coefficient (Wildman–Crippen LogP) is 4.90. The van der Waals surface area contributed by atoms with Crippen LogP contribution in [-0.2, 0) is 6.42 Å². The molecule has 1 aromatic heterocycles. The summed E-state index contributed by atoms with van der Waals surface area (Å²) >= 11 is 1.53. The Hall–Kier alpha value is -2.46. The molecule has 0 spiro atoms. The van der Waals surface area contributed by atoms with Crippen LogP contribution in [0.3, 0.4) is 0 Å². The first kappa shape index (κ1) is 20.3. The predicted molar refractivity (Wildman–Crippen MR) is 114 cm³/mol. The van der Waals surface area contributed by atoms with E-state index in [4.69, 9.17) is 10.5 Å². The van der Waals surface area contributed by atoms with Gasteiger partial charge in [0, 0.05) is 17.2 Å². The molecule has 1 aliphatic rings. The Bertz CT molecular complexity index is 1040. The van der Waals surface area contributed by atoms with Crippen molar-refractivity contribution in [1.82, 2.24) is 10.2 Å². The maximum Gasteiger partial charge on any atom is 0.148 e. The van der Waals surface area contributed by atoms with Gasteiger partial charge in [0.15, 0.2) is 0 Å². The van der Waals surface area contributed by atoms with E-state index in [2.05, 4.69) is 28.4 Å². The minimum Gasteiger partial charge on any atom is -0.490 e. The number of benzene rings is 2. The number of rotatable bonds is 4. The molecule has 7 heteroatoms. The summed E-state index contributed by atoms with van der Waals surface area (Å²) < 4.78 is 5.70. The average Bonchev–Trinajstić information content (AvgIpc) is 3.29. The summed E-state index contributed by atoms with van der Waals surface area (Å²) in [6, 6.07) is 14.1. The molecule has 28 heavy (non-hydrogen) atoms. The fourth-order valence-electron chi connectivity index (χ4n) is 3.44. The van der Waals surface area contributed by atoms with Crippen molar-refractivity contribution in [1.29, 1.82) is 5.26 Å². The van der Waals surface area contributed by atoms with Crippen LogP contribution in [0.2, 0.25) is 0 Å². The molecule has 1 heterocycles. The standard InChI is InChI=1S/C21H20N4OS.ClH/c1-12(2)26-19-9-6-13(10-14(19)11-22)20-24-25-21(27-20)17-5-3-4-16-15(17)7-8-18(16)23;/h3-6,9-10,12,18H,7-8,23H2,1-2H3;1H/t18-;/m1./s1. The van der Waals surface area contributed by atoms with Crippen LogP contribution in [0.1, 0.15) is 43.0 Å². The van der Waals surface area contributed by atoms with Crippen molar-refractivity contribution in [2.24, 2.45) is 5.73 Å². The van der Waals surface area contributed by atoms with E-state index in [1.165, 1.54) is 22.5 Å². The van der Waals surface area contributed by atoms with Crippen LogP contribution in [0.25, 0.3) is 21.1 Å². The van der Waals surface area contributed by atoms with Gasteiger partial charge < -0.3 is 10.5 Å². The van der Waals surface area contributed by atoms with Crippen LogP contribution in [0, 0.1) is 11.3 Å². The van der Waals surface area contributed by atoms with Gasteiger partial charge in [-0.05, 0) is 56.0 Å². The first-order valence-corrected chi connectivity index (χ1v) is 9.81. The van der Waals surface area contributed by atoms with E-state index in [0.29, 0.717) is 11.3 Å². The zero-order valence-electron chi connectivity index (χ0n) is 15.7. The average molecular weight is 413 g/mol. The first-order valence-electron chi connectivity index (χ1n) is 8.99. The molecule has 0 unspecified atom stereocenters. The summed E-state index contributed by atoms with van der Waals surface area (Å²) in [5.41, 5.74) is 11.2. The third-order valence-electron chi connectivity index (χ3n) is 4.68. The topological polar surface area (TPSA) is 84.8 Å². The second kappa shape index (κ2) is 8.27. The van der Waals surface area contributed by atoms with E-state index in [1.54, 1.807) is 0 Å². The van der Waals surface area contributed by atoms with Crippen molar-refractivity contribution in [3.8, 4) is 33.0 Å². The van der Waals surface area contributed by atoms with Gasteiger partial charge in [-0.1, -0.05) is 29.5 Å². The van der Waals surface area contributed by atoms with Crippen molar-refractivity contribution in [3.63, 3.8) is 0 Å². The highest BCUT2D eigenvalue weighted by Gasteiger charge is 2.23. The Labute approximate surface area is 174 Å². The zero-order valence-corrected chi connectivity index (χ0v) is 17.3. The summed E-state index contributed by atoms with van der Waals surface area (Å²) in [5.74, 6) is 0.593. The molecule has 144 valence electrons. The largest absolute Gasteiger partial charge is 0.490 e. The van der Waals surface area contributed by atoms with Crippen LogP contribution in [0.5, 0.6) is 5.75 Å². The summed E-state index contributed by atoms with van der Waals surface area (Å²) in [6.07, 6.45) is 1.96. The summed E-state index contributed by atoms with van der Waals surface area (Å²) in [7, 11) is 0. The van der Waals surface area contributed by atoms with Crippen molar-refractivity contribution >= 4 is 23.7 Å². The SMILES string of the molecule is CC(C)Oc1ccc(-c2nnc(-c3cccc4c3CC[C@H]4N)s2)cc1C#N.Cl. The number of fused-ring (bicyclic) bond motifs is 1. The van der Waals surface area contributed by atoms with Gasteiger partial charge in [-0.2, -0.15) is 5.26 Å². The minimum absolute atomic E-state index is 0. The Morgan fingerprint density at radius 1 is 1.21 bits per heavy atom. The fourth-order valence-corrected chi connectivity index (χ4v) is 4.34. The molecule has 0 aliphatic heterocycles. The Balaban J connectivity index is 0.00000225. The number of nitrogens with zero attached hydrogens (tertiary/aromatic N) is 3. The van der Waals surface area contributed by atoms with Crippen molar-refractivity contribution in [3.05, 3.63) is 53.1 Å². The highest BCUT2D eigenvalue weighted by molar-refractivity contribution is 7.17. The van der Waals surface area contributed by atoms with E-state index >= 15 is 0 Å². The molecule has 5 nitrogen and oxygen atoms in total. The Morgan fingerprint density at radius 2 is 2.00 bits per heavy atom. The highest BCUT2D eigenvalue weighted by Crippen LogP contribution is 2.39. The molecular weight excluding hydrogens is 392 g/mol. The molecular formula is C21H21ClN4OS. The van der Waals surface area contributed by atoms with E-state index in [9.17, 15) is 5.26 Å². The van der Waals surface area contributed by atoms with Gasteiger partial charge >= 0.3 is 0 Å². The highest BCUT2D eigenvalue weighted by atomic mass is 35.5. The van der Waals surface area contributed by atoms with Crippen LogP contribution in [-0.4, -0.2) is 16.3 Å².